The zero-order chi connectivity index (χ0) is 12.1. The number of benzene rings is 1. The van der Waals surface area contributed by atoms with Crippen LogP contribution >= 0.6 is 22.6 Å². The quantitative estimate of drug-likeness (QED) is 0.840. The molecule has 0 aromatic heterocycles. The molecule has 0 saturated heterocycles. The average Bonchev–Trinajstić information content (AvgIpc) is 2.26. The van der Waals surface area contributed by atoms with Gasteiger partial charge in [-0.25, -0.2) is 4.79 Å². The minimum atomic E-state index is -0.947. The summed E-state index contributed by atoms with van der Waals surface area (Å²) in [5.41, 5.74) is 0.232. The normalized spacial score (nSPS) is 12.2. The fourth-order valence-electron chi connectivity index (χ4n) is 1.15. The van der Waals surface area contributed by atoms with Gasteiger partial charge in [-0.05, 0) is 46.7 Å². The molecule has 0 bridgehead atoms. The van der Waals surface area contributed by atoms with E-state index in [2.05, 4.69) is 36.4 Å². The van der Waals surface area contributed by atoms with E-state index in [1.54, 1.807) is 12.1 Å². The molecule has 0 heterocycles. The van der Waals surface area contributed by atoms with Gasteiger partial charge in [0.15, 0.2) is 0 Å². The molecule has 1 atom stereocenters. The van der Waals surface area contributed by atoms with Crippen LogP contribution in [-0.2, 0) is 0 Å². The Kier molecular flexibility index (Phi) is 5.05. The Morgan fingerprint density at radius 1 is 1.56 bits per heavy atom. The van der Waals surface area contributed by atoms with Crippen molar-refractivity contribution in [1.29, 1.82) is 0 Å². The van der Waals surface area contributed by atoms with Gasteiger partial charge in [0, 0.05) is 3.57 Å². The Morgan fingerprint density at radius 2 is 2.25 bits per heavy atom. The Morgan fingerprint density at radius 3 is 2.81 bits per heavy atom. The zero-order valence-electron chi connectivity index (χ0n) is 9.37. The van der Waals surface area contributed by atoms with Crippen LogP contribution < -0.4 is 4.74 Å². The number of carboxylic acid groups (broad SMARTS) is 1. The fourth-order valence-corrected chi connectivity index (χ4v) is 1.64. The molecule has 0 fully saturated rings. The molecule has 0 aliphatic carbocycles. The molecular formula is C12H15IO3. The first kappa shape index (κ1) is 13.3. The van der Waals surface area contributed by atoms with Crippen LogP contribution in [0.3, 0.4) is 0 Å². The highest BCUT2D eigenvalue weighted by Crippen LogP contribution is 2.22. The third kappa shape index (κ3) is 3.66. The van der Waals surface area contributed by atoms with Crippen LogP contribution in [0.1, 0.15) is 30.6 Å². The molecule has 0 radical (unpaired) electrons. The first-order valence-electron chi connectivity index (χ1n) is 5.20. The van der Waals surface area contributed by atoms with E-state index in [9.17, 15) is 4.79 Å². The lowest BCUT2D eigenvalue weighted by Gasteiger charge is -2.12. The van der Waals surface area contributed by atoms with Crippen molar-refractivity contribution in [3.05, 3.63) is 27.3 Å². The lowest BCUT2D eigenvalue weighted by molar-refractivity contribution is 0.0691. The van der Waals surface area contributed by atoms with Crippen molar-refractivity contribution >= 4 is 28.6 Å². The lowest BCUT2D eigenvalue weighted by Crippen LogP contribution is -2.10. The number of hydrogen-bond acceptors (Lipinski definition) is 2. The average molecular weight is 334 g/mol. The molecule has 0 aliphatic rings. The summed E-state index contributed by atoms with van der Waals surface area (Å²) in [6, 6.07) is 5.18. The van der Waals surface area contributed by atoms with Gasteiger partial charge in [-0.1, -0.05) is 20.3 Å². The zero-order valence-corrected chi connectivity index (χ0v) is 11.5. The van der Waals surface area contributed by atoms with Crippen molar-refractivity contribution in [3.63, 3.8) is 0 Å². The van der Waals surface area contributed by atoms with Gasteiger partial charge in [0.2, 0.25) is 0 Å². The predicted molar refractivity (Wildman–Crippen MR) is 71.1 cm³/mol. The van der Waals surface area contributed by atoms with Gasteiger partial charge in [-0.15, -0.1) is 0 Å². The number of hydrogen-bond donors (Lipinski definition) is 1. The number of aromatic carboxylic acids is 1. The van der Waals surface area contributed by atoms with Crippen LogP contribution in [0, 0.1) is 9.49 Å². The number of carboxylic acids is 1. The van der Waals surface area contributed by atoms with Gasteiger partial charge < -0.3 is 9.84 Å². The minimum absolute atomic E-state index is 0.232. The summed E-state index contributed by atoms with van der Waals surface area (Å²) in [7, 11) is 0. The second kappa shape index (κ2) is 6.08. The highest BCUT2D eigenvalue weighted by Gasteiger charge is 2.12. The van der Waals surface area contributed by atoms with E-state index in [0.717, 1.165) is 9.99 Å². The lowest BCUT2D eigenvalue weighted by atomic mass is 10.1. The van der Waals surface area contributed by atoms with Crippen molar-refractivity contribution in [1.82, 2.24) is 0 Å². The smallest absolute Gasteiger partial charge is 0.339 e. The molecule has 1 aromatic rings. The summed E-state index contributed by atoms with van der Waals surface area (Å²) in [6.07, 6.45) is 1.02. The Bertz CT molecular complexity index is 377. The fraction of sp³-hybridized carbons (Fsp3) is 0.417. The molecule has 1 N–H and O–H groups in total. The maximum atomic E-state index is 11.0. The number of ether oxygens (including phenoxy) is 1. The Balaban J connectivity index is 2.82. The van der Waals surface area contributed by atoms with Crippen LogP contribution in [0.5, 0.6) is 5.75 Å². The largest absolute Gasteiger partial charge is 0.492 e. The van der Waals surface area contributed by atoms with Crippen LogP contribution in [0.15, 0.2) is 18.2 Å². The van der Waals surface area contributed by atoms with Crippen LogP contribution in [0.4, 0.5) is 0 Å². The molecule has 0 spiro atoms. The first-order chi connectivity index (χ1) is 7.54. The first-order valence-corrected chi connectivity index (χ1v) is 6.28. The molecule has 4 heteroatoms. The summed E-state index contributed by atoms with van der Waals surface area (Å²) in [5.74, 6) is -0.0631. The molecule has 0 amide bonds. The third-order valence-electron chi connectivity index (χ3n) is 2.39. The number of halogens is 1. The monoisotopic (exact) mass is 334 g/mol. The minimum Gasteiger partial charge on any atom is -0.492 e. The van der Waals surface area contributed by atoms with Crippen molar-refractivity contribution in [2.45, 2.75) is 20.3 Å². The van der Waals surface area contributed by atoms with E-state index >= 15 is 0 Å². The summed E-state index contributed by atoms with van der Waals surface area (Å²) < 4.78 is 6.42. The number of carbonyl (C=O) groups is 1. The summed E-state index contributed by atoms with van der Waals surface area (Å²) >= 11 is 2.09. The SMILES string of the molecule is CCC(C)COc1ccc(I)cc1C(=O)O. The molecule has 88 valence electrons. The molecule has 3 nitrogen and oxygen atoms in total. The van der Waals surface area contributed by atoms with E-state index in [4.69, 9.17) is 9.84 Å². The van der Waals surface area contributed by atoms with E-state index in [-0.39, 0.29) is 5.56 Å². The second-order valence-corrected chi connectivity index (χ2v) is 5.02. The topological polar surface area (TPSA) is 46.5 Å². The molecule has 1 rings (SSSR count). The molecule has 0 saturated carbocycles. The summed E-state index contributed by atoms with van der Waals surface area (Å²) in [4.78, 5) is 11.0. The molecule has 0 aliphatic heterocycles. The maximum Gasteiger partial charge on any atom is 0.339 e. The maximum absolute atomic E-state index is 11.0. The van der Waals surface area contributed by atoms with Crippen LogP contribution in [0.25, 0.3) is 0 Å². The standard InChI is InChI=1S/C12H15IO3/c1-3-8(2)7-16-11-5-4-9(13)6-10(11)12(14)15/h4-6,8H,3,7H2,1-2H3,(H,14,15). The van der Waals surface area contributed by atoms with Gasteiger partial charge in [-0.3, -0.25) is 0 Å². The van der Waals surface area contributed by atoms with E-state index in [0.29, 0.717) is 18.3 Å². The van der Waals surface area contributed by atoms with E-state index in [1.165, 1.54) is 0 Å². The van der Waals surface area contributed by atoms with Crippen LogP contribution in [0.2, 0.25) is 0 Å². The highest BCUT2D eigenvalue weighted by molar-refractivity contribution is 14.1. The predicted octanol–water partition coefficient (Wildman–Crippen LogP) is 3.41. The molecular weight excluding hydrogens is 319 g/mol. The van der Waals surface area contributed by atoms with Gasteiger partial charge >= 0.3 is 5.97 Å². The molecule has 1 unspecified atom stereocenters. The molecule has 16 heavy (non-hydrogen) atoms. The van der Waals surface area contributed by atoms with Gasteiger partial charge in [0.25, 0.3) is 0 Å². The summed E-state index contributed by atoms with van der Waals surface area (Å²) in [6.45, 7) is 4.71. The Labute approximate surface area is 109 Å². The van der Waals surface area contributed by atoms with Gasteiger partial charge in [0.05, 0.1) is 6.61 Å². The van der Waals surface area contributed by atoms with E-state index < -0.39 is 5.97 Å². The van der Waals surface area contributed by atoms with Crippen LogP contribution in [-0.4, -0.2) is 17.7 Å². The van der Waals surface area contributed by atoms with Gasteiger partial charge in [-0.2, -0.15) is 0 Å². The second-order valence-electron chi connectivity index (χ2n) is 3.77. The summed E-state index contributed by atoms with van der Waals surface area (Å²) in [5, 5.41) is 9.03. The van der Waals surface area contributed by atoms with Crippen molar-refractivity contribution in [3.8, 4) is 5.75 Å². The Hall–Kier alpha value is -0.780. The van der Waals surface area contributed by atoms with Crippen molar-refractivity contribution in [2.75, 3.05) is 6.61 Å². The third-order valence-corrected chi connectivity index (χ3v) is 3.06. The van der Waals surface area contributed by atoms with Crippen molar-refractivity contribution < 1.29 is 14.6 Å². The highest BCUT2D eigenvalue weighted by atomic mass is 127. The van der Waals surface area contributed by atoms with Gasteiger partial charge in [0.1, 0.15) is 11.3 Å². The number of rotatable bonds is 5. The van der Waals surface area contributed by atoms with Crippen molar-refractivity contribution in [2.24, 2.45) is 5.92 Å². The molecule has 1 aromatic carbocycles. The van der Waals surface area contributed by atoms with E-state index in [1.807, 2.05) is 6.07 Å².